The van der Waals surface area contributed by atoms with Crippen molar-refractivity contribution in [2.45, 2.75) is 31.1 Å². The van der Waals surface area contributed by atoms with Crippen molar-refractivity contribution in [1.82, 2.24) is 14.9 Å². The Hall–Kier alpha value is -1.88. The third-order valence-corrected chi connectivity index (χ3v) is 7.01. The van der Waals surface area contributed by atoms with Crippen LogP contribution in [0.25, 0.3) is 0 Å². The molecule has 0 aromatic heterocycles. The van der Waals surface area contributed by atoms with Gasteiger partial charge in [-0.25, -0.2) is 17.5 Å². The lowest BCUT2D eigenvalue weighted by Gasteiger charge is -2.22. The van der Waals surface area contributed by atoms with Gasteiger partial charge in [0.15, 0.2) is 0 Å². The average molecular weight is 413 g/mol. The molecule has 0 bridgehead atoms. The Bertz CT molecular complexity index is 770. The van der Waals surface area contributed by atoms with E-state index >= 15 is 0 Å². The largest absolute Gasteiger partial charge is 0.497 e. The number of aliphatic hydroxyl groups excluding tert-OH is 1. The molecule has 2 heterocycles. The SMILES string of the molecule is COc1ccc(C[C@H]2NC[C@H](O)[C@H]2OC(=O)NCCN2CCCS2(=O)=O)cc1. The van der Waals surface area contributed by atoms with Gasteiger partial charge in [-0.1, -0.05) is 12.1 Å². The van der Waals surface area contributed by atoms with Gasteiger partial charge in [0, 0.05) is 26.2 Å². The molecule has 2 aliphatic heterocycles. The number of alkyl carbamates (subject to hydrolysis) is 1. The normalized spacial score (nSPS) is 26.9. The van der Waals surface area contributed by atoms with Gasteiger partial charge in [0.05, 0.1) is 18.9 Å². The van der Waals surface area contributed by atoms with Crippen LogP contribution in [0.15, 0.2) is 24.3 Å². The summed E-state index contributed by atoms with van der Waals surface area (Å²) in [7, 11) is -1.58. The maximum atomic E-state index is 12.1. The van der Waals surface area contributed by atoms with Crippen molar-refractivity contribution in [1.29, 1.82) is 0 Å². The standard InChI is InChI=1S/C18H27N3O6S/c1-26-14-5-3-13(4-6-14)11-15-17(16(22)12-20-15)27-18(23)19-7-9-21-8-2-10-28(21,24)25/h3-6,15-17,20,22H,2,7-12H2,1H3,(H,19,23)/t15-,16+,17+/m1/s1. The number of rotatable bonds is 7. The zero-order valence-corrected chi connectivity index (χ0v) is 16.7. The Morgan fingerprint density at radius 2 is 2.11 bits per heavy atom. The second kappa shape index (κ2) is 9.08. The topological polar surface area (TPSA) is 117 Å². The smallest absolute Gasteiger partial charge is 0.407 e. The Morgan fingerprint density at radius 1 is 1.36 bits per heavy atom. The number of ether oxygens (including phenoxy) is 2. The molecule has 156 valence electrons. The van der Waals surface area contributed by atoms with Gasteiger partial charge in [-0.05, 0) is 30.5 Å². The van der Waals surface area contributed by atoms with E-state index in [-0.39, 0.29) is 24.9 Å². The number of sulfonamides is 1. The van der Waals surface area contributed by atoms with Crippen molar-refractivity contribution in [3.63, 3.8) is 0 Å². The van der Waals surface area contributed by atoms with Crippen LogP contribution < -0.4 is 15.4 Å². The van der Waals surface area contributed by atoms with Gasteiger partial charge in [0.1, 0.15) is 18.0 Å². The van der Waals surface area contributed by atoms with Gasteiger partial charge in [-0.3, -0.25) is 0 Å². The van der Waals surface area contributed by atoms with Crippen molar-refractivity contribution in [2.75, 3.05) is 39.0 Å². The predicted octanol–water partition coefficient (Wildman–Crippen LogP) is -0.299. The molecular weight excluding hydrogens is 386 g/mol. The van der Waals surface area contributed by atoms with Gasteiger partial charge in [0.25, 0.3) is 0 Å². The Balaban J connectivity index is 1.48. The number of β-amino-alcohol motifs (C(OH)–C–C–N with tert-alkyl or cyclic N) is 1. The minimum atomic E-state index is -3.18. The Labute approximate surface area is 165 Å². The molecule has 9 nitrogen and oxygen atoms in total. The molecule has 3 N–H and O–H groups in total. The molecular formula is C18H27N3O6S. The summed E-state index contributed by atoms with van der Waals surface area (Å²) in [6.45, 7) is 1.20. The molecule has 0 spiro atoms. The second-order valence-electron chi connectivity index (χ2n) is 7.00. The lowest BCUT2D eigenvalue weighted by molar-refractivity contribution is 0.0189. The number of nitrogens with one attached hydrogen (secondary N) is 2. The molecule has 0 radical (unpaired) electrons. The third-order valence-electron chi connectivity index (χ3n) is 5.06. The van der Waals surface area contributed by atoms with Crippen molar-refractivity contribution in [3.8, 4) is 5.75 Å². The van der Waals surface area contributed by atoms with E-state index in [1.165, 1.54) is 4.31 Å². The Morgan fingerprint density at radius 3 is 2.75 bits per heavy atom. The lowest BCUT2D eigenvalue weighted by Crippen LogP contribution is -2.43. The van der Waals surface area contributed by atoms with Crippen molar-refractivity contribution >= 4 is 16.1 Å². The molecule has 1 aromatic rings. The highest BCUT2D eigenvalue weighted by molar-refractivity contribution is 7.89. The third kappa shape index (κ3) is 5.13. The van der Waals surface area contributed by atoms with E-state index in [9.17, 15) is 18.3 Å². The lowest BCUT2D eigenvalue weighted by atomic mass is 10.0. The number of carbonyl (C=O) groups is 1. The van der Waals surface area contributed by atoms with E-state index in [1.54, 1.807) is 7.11 Å². The molecule has 28 heavy (non-hydrogen) atoms. The molecule has 3 rings (SSSR count). The van der Waals surface area contributed by atoms with Crippen LogP contribution in [0.1, 0.15) is 12.0 Å². The fourth-order valence-electron chi connectivity index (χ4n) is 3.53. The van der Waals surface area contributed by atoms with E-state index < -0.39 is 28.3 Å². The molecule has 0 saturated carbocycles. The number of nitrogens with zero attached hydrogens (tertiary/aromatic N) is 1. The van der Waals surface area contributed by atoms with Crippen LogP contribution >= 0.6 is 0 Å². The molecule has 0 unspecified atom stereocenters. The molecule has 1 amide bonds. The van der Waals surface area contributed by atoms with Crippen LogP contribution in [0.2, 0.25) is 0 Å². The number of methoxy groups -OCH3 is 1. The van der Waals surface area contributed by atoms with Gasteiger partial charge >= 0.3 is 6.09 Å². The summed E-state index contributed by atoms with van der Waals surface area (Å²) in [5, 5.41) is 15.9. The number of hydrogen-bond acceptors (Lipinski definition) is 7. The maximum absolute atomic E-state index is 12.1. The molecule has 10 heteroatoms. The summed E-state index contributed by atoms with van der Waals surface area (Å²) in [6.07, 6.45) is -0.945. The maximum Gasteiger partial charge on any atom is 0.407 e. The van der Waals surface area contributed by atoms with Crippen molar-refractivity contribution < 1.29 is 27.8 Å². The molecule has 3 atom stereocenters. The van der Waals surface area contributed by atoms with E-state index in [4.69, 9.17) is 9.47 Å². The highest BCUT2D eigenvalue weighted by Gasteiger charge is 2.38. The van der Waals surface area contributed by atoms with Crippen LogP contribution in [0, 0.1) is 0 Å². The highest BCUT2D eigenvalue weighted by Crippen LogP contribution is 2.19. The predicted molar refractivity (Wildman–Crippen MR) is 103 cm³/mol. The summed E-state index contributed by atoms with van der Waals surface area (Å²) in [5.74, 6) is 0.917. The zero-order valence-electron chi connectivity index (χ0n) is 15.8. The number of aliphatic hydroxyl groups is 1. The second-order valence-corrected chi connectivity index (χ2v) is 9.09. The van der Waals surface area contributed by atoms with Crippen LogP contribution in [-0.2, 0) is 21.2 Å². The van der Waals surface area contributed by atoms with E-state index in [2.05, 4.69) is 10.6 Å². The minimum absolute atomic E-state index is 0.157. The molecule has 2 saturated heterocycles. The summed E-state index contributed by atoms with van der Waals surface area (Å²) in [4.78, 5) is 12.1. The van der Waals surface area contributed by atoms with Gasteiger partial charge in [-0.15, -0.1) is 0 Å². The summed E-state index contributed by atoms with van der Waals surface area (Å²) in [5.41, 5.74) is 1.03. The van der Waals surface area contributed by atoms with Crippen molar-refractivity contribution in [2.24, 2.45) is 0 Å². The van der Waals surface area contributed by atoms with E-state index in [1.807, 2.05) is 24.3 Å². The minimum Gasteiger partial charge on any atom is -0.497 e. The van der Waals surface area contributed by atoms with E-state index in [0.717, 1.165) is 11.3 Å². The van der Waals surface area contributed by atoms with Crippen LogP contribution in [0.3, 0.4) is 0 Å². The molecule has 2 aliphatic rings. The number of benzene rings is 1. The van der Waals surface area contributed by atoms with Crippen LogP contribution in [0.4, 0.5) is 4.79 Å². The monoisotopic (exact) mass is 413 g/mol. The number of hydrogen-bond donors (Lipinski definition) is 3. The quantitative estimate of drug-likeness (QED) is 0.562. The fourth-order valence-corrected chi connectivity index (χ4v) is 5.06. The number of amides is 1. The first kappa shape index (κ1) is 20.8. The van der Waals surface area contributed by atoms with Gasteiger partial charge in [-0.2, -0.15) is 0 Å². The summed E-state index contributed by atoms with van der Waals surface area (Å²) >= 11 is 0. The fraction of sp³-hybridized carbons (Fsp3) is 0.611. The first-order chi connectivity index (χ1) is 13.4. The first-order valence-corrected chi connectivity index (χ1v) is 11.0. The average Bonchev–Trinajstić information content (AvgIpc) is 3.18. The molecule has 0 aliphatic carbocycles. The van der Waals surface area contributed by atoms with Crippen LogP contribution in [0.5, 0.6) is 5.75 Å². The van der Waals surface area contributed by atoms with Gasteiger partial charge < -0.3 is 25.2 Å². The molecule has 1 aromatic carbocycles. The van der Waals surface area contributed by atoms with Crippen molar-refractivity contribution in [3.05, 3.63) is 29.8 Å². The zero-order chi connectivity index (χ0) is 20.1. The van der Waals surface area contributed by atoms with Crippen LogP contribution in [-0.4, -0.2) is 81.2 Å². The highest BCUT2D eigenvalue weighted by atomic mass is 32.2. The molecule has 2 fully saturated rings. The Kier molecular flexibility index (Phi) is 6.76. The van der Waals surface area contributed by atoms with E-state index in [0.29, 0.717) is 25.9 Å². The number of carbonyl (C=O) groups excluding carboxylic acids is 1. The summed E-state index contributed by atoms with van der Waals surface area (Å²) in [6, 6.07) is 7.36. The summed E-state index contributed by atoms with van der Waals surface area (Å²) < 4.78 is 35.4. The first-order valence-electron chi connectivity index (χ1n) is 9.36. The van der Waals surface area contributed by atoms with Gasteiger partial charge in [0.2, 0.25) is 10.0 Å².